The van der Waals surface area contributed by atoms with Gasteiger partial charge >= 0.3 is 35.5 Å². The molecule has 47 heavy (non-hydrogen) atoms. The van der Waals surface area contributed by atoms with Gasteiger partial charge in [-0.1, -0.05) is 24.3 Å². The predicted octanol–water partition coefficient (Wildman–Crippen LogP) is 5.67. The molecule has 14 nitrogen and oxygen atoms in total. The fourth-order valence-electron chi connectivity index (χ4n) is 3.96. The average Bonchev–Trinajstić information content (AvgIpc) is 3.04. The Morgan fingerprint density at radius 2 is 1.00 bits per heavy atom. The third kappa shape index (κ3) is 8.69. The molecule has 0 aliphatic heterocycles. The first-order valence-corrected chi connectivity index (χ1v) is 14.6. The maximum absolute atomic E-state index is 11.2. The van der Waals surface area contributed by atoms with Crippen LogP contribution in [0.2, 0.25) is 0 Å². The summed E-state index contributed by atoms with van der Waals surface area (Å²) in [5.74, 6) is -2.49. The summed E-state index contributed by atoms with van der Waals surface area (Å²) in [6.45, 7) is 0. The van der Waals surface area contributed by atoms with E-state index >= 15 is 0 Å². The number of nitrogens with zero attached hydrogens (tertiary/aromatic N) is 6. The Labute approximate surface area is 289 Å². The van der Waals surface area contributed by atoms with E-state index in [0.29, 0.717) is 11.4 Å². The van der Waals surface area contributed by atoms with E-state index in [1.807, 2.05) is 24.3 Å². The van der Waals surface area contributed by atoms with Gasteiger partial charge in [-0.05, 0) is 90.0 Å². The van der Waals surface area contributed by atoms with Crippen LogP contribution in [0, 0.1) is 0 Å². The molecule has 0 unspecified atom stereocenters. The number of azo groups is 3. The Morgan fingerprint density at radius 3 is 1.53 bits per heavy atom. The predicted molar refractivity (Wildman–Crippen MR) is 166 cm³/mol. The van der Waals surface area contributed by atoms with Gasteiger partial charge in [0.05, 0.1) is 27.6 Å². The molecule has 0 saturated heterocycles. The number of benzene rings is 5. The fourth-order valence-corrected chi connectivity index (χ4v) is 4.44. The van der Waals surface area contributed by atoms with Crippen LogP contribution in [-0.4, -0.2) is 39.4 Å². The summed E-state index contributed by atoms with van der Waals surface area (Å²) in [6.07, 6.45) is 0. The number of carboxylic acids is 1. The van der Waals surface area contributed by atoms with Gasteiger partial charge in [0.25, 0.3) is 10.1 Å². The van der Waals surface area contributed by atoms with Crippen molar-refractivity contribution < 1.29 is 67.7 Å². The molecular weight excluding hydrogens is 639 g/mol. The topological polar surface area (TPSA) is 227 Å². The number of carbonyl (C=O) groups is 1. The average molecular weight is 662 g/mol. The molecule has 5 aromatic carbocycles. The van der Waals surface area contributed by atoms with Crippen LogP contribution in [0.3, 0.4) is 0 Å². The maximum Gasteiger partial charge on any atom is 1.00 e. The molecule has 5 rings (SSSR count). The van der Waals surface area contributed by atoms with Crippen molar-refractivity contribution in [3.05, 3.63) is 109 Å². The van der Waals surface area contributed by atoms with Crippen molar-refractivity contribution in [2.75, 3.05) is 0 Å². The molecule has 0 fully saturated rings. The van der Waals surface area contributed by atoms with Crippen LogP contribution >= 0.6 is 0 Å². The van der Waals surface area contributed by atoms with E-state index in [9.17, 15) is 28.5 Å². The molecule has 0 amide bonds. The fraction of sp³-hybridized carbons (Fsp3) is 0. The number of rotatable bonds is 9. The maximum atomic E-state index is 11.2. The molecular formula is C31H22N6NaO8S+. The molecule has 0 atom stereocenters. The van der Waals surface area contributed by atoms with Crippen molar-refractivity contribution in [3.63, 3.8) is 0 Å². The molecule has 16 heteroatoms. The van der Waals surface area contributed by atoms with E-state index < -0.39 is 21.8 Å². The zero-order chi connectivity index (χ0) is 32.8. The molecule has 0 aliphatic rings. The van der Waals surface area contributed by atoms with Gasteiger partial charge in [0.15, 0.2) is 11.4 Å². The smallest absolute Gasteiger partial charge is 0.507 e. The molecule has 0 spiro atoms. The summed E-state index contributed by atoms with van der Waals surface area (Å²) in [7, 11) is -4.37. The molecule has 5 aromatic rings. The van der Waals surface area contributed by atoms with E-state index in [1.165, 1.54) is 42.5 Å². The number of carboxylic acid groups (broad SMARTS) is 1. The number of hydrogen-bond donors (Lipinski definition) is 5. The van der Waals surface area contributed by atoms with Crippen LogP contribution in [-0.2, 0) is 10.1 Å². The van der Waals surface area contributed by atoms with E-state index in [0.717, 1.165) is 23.3 Å². The summed E-state index contributed by atoms with van der Waals surface area (Å²) in [6, 6.07) is 25.5. The van der Waals surface area contributed by atoms with Crippen molar-refractivity contribution in [1.29, 1.82) is 0 Å². The van der Waals surface area contributed by atoms with Gasteiger partial charge in [0.2, 0.25) is 0 Å². The van der Waals surface area contributed by atoms with E-state index in [1.54, 1.807) is 24.3 Å². The number of aromatic hydroxyl groups is 3. The van der Waals surface area contributed by atoms with Crippen LogP contribution in [0.15, 0.2) is 139 Å². The van der Waals surface area contributed by atoms with Gasteiger partial charge < -0.3 is 20.4 Å². The van der Waals surface area contributed by atoms with Gasteiger partial charge in [-0.2, -0.15) is 28.9 Å². The van der Waals surface area contributed by atoms with Crippen LogP contribution in [0.25, 0.3) is 11.1 Å². The van der Waals surface area contributed by atoms with Crippen molar-refractivity contribution in [1.82, 2.24) is 0 Å². The standard InChI is InChI=1S/C31H22N6O8S.Na/c38-27-15-11-23(17-25(27)31(41)42)35-32-20-5-1-18(2-6-20)19-3-7-21(8-4-19)33-36-26-14-16-28(39)29(30(26)40)37-34-22-9-12-24(13-10-22)46(43,44)45;/h1-17,38-40H,(H,41,42)(H,43,44,45);/q;+1. The third-order valence-corrected chi connectivity index (χ3v) is 7.21. The molecule has 0 aliphatic carbocycles. The Balaban J connectivity index is 0.00000500. The quantitative estimate of drug-likeness (QED) is 0.0750. The first-order chi connectivity index (χ1) is 22.0. The van der Waals surface area contributed by atoms with Gasteiger partial charge in [-0.25, -0.2) is 4.79 Å². The van der Waals surface area contributed by atoms with Crippen molar-refractivity contribution >= 4 is 50.2 Å². The van der Waals surface area contributed by atoms with Crippen molar-refractivity contribution in [3.8, 4) is 28.4 Å². The number of hydrogen-bond acceptors (Lipinski definition) is 12. The second-order valence-electron chi connectivity index (χ2n) is 9.47. The minimum absolute atomic E-state index is 0. The van der Waals surface area contributed by atoms with E-state index in [2.05, 4.69) is 30.7 Å². The monoisotopic (exact) mass is 661 g/mol. The number of phenolic OH excluding ortho intramolecular Hbond substituents is 2. The Morgan fingerprint density at radius 1 is 0.553 bits per heavy atom. The molecule has 0 heterocycles. The van der Waals surface area contributed by atoms with Gasteiger partial charge in [0.1, 0.15) is 22.7 Å². The van der Waals surface area contributed by atoms with Gasteiger partial charge in [-0.3, -0.25) is 4.55 Å². The molecule has 0 aromatic heterocycles. The molecule has 230 valence electrons. The second-order valence-corrected chi connectivity index (χ2v) is 10.9. The summed E-state index contributed by atoms with van der Waals surface area (Å²) < 4.78 is 31.5. The number of phenols is 3. The van der Waals surface area contributed by atoms with Crippen LogP contribution in [0.5, 0.6) is 17.2 Å². The van der Waals surface area contributed by atoms with Crippen LogP contribution in [0.4, 0.5) is 34.1 Å². The molecule has 0 bridgehead atoms. The molecule has 5 N–H and O–H groups in total. The van der Waals surface area contributed by atoms with E-state index in [4.69, 9.17) is 9.66 Å². The minimum Gasteiger partial charge on any atom is -0.507 e. The first kappa shape index (κ1) is 34.6. The zero-order valence-corrected chi connectivity index (χ0v) is 27.2. The van der Waals surface area contributed by atoms with Gasteiger partial charge in [0, 0.05) is 0 Å². The van der Waals surface area contributed by atoms with Crippen LogP contribution < -0.4 is 29.6 Å². The summed E-state index contributed by atoms with van der Waals surface area (Å²) >= 11 is 0. The minimum atomic E-state index is -4.37. The molecule has 0 saturated carbocycles. The van der Waals surface area contributed by atoms with Crippen molar-refractivity contribution in [2.24, 2.45) is 30.7 Å². The summed E-state index contributed by atoms with van der Waals surface area (Å²) in [5, 5.41) is 63.6. The normalized spacial score (nSPS) is 11.7. The summed E-state index contributed by atoms with van der Waals surface area (Å²) in [5.41, 5.74) is 2.67. The first-order valence-electron chi connectivity index (χ1n) is 13.1. The third-order valence-electron chi connectivity index (χ3n) is 6.34. The molecule has 0 radical (unpaired) electrons. The Bertz CT molecular complexity index is 2120. The number of aromatic carboxylic acids is 1. The second kappa shape index (κ2) is 14.8. The van der Waals surface area contributed by atoms with Crippen molar-refractivity contribution in [2.45, 2.75) is 4.90 Å². The summed E-state index contributed by atoms with van der Waals surface area (Å²) in [4.78, 5) is 10.9. The largest absolute Gasteiger partial charge is 1.00 e. The Kier molecular flexibility index (Phi) is 10.9. The van der Waals surface area contributed by atoms with Crippen LogP contribution in [0.1, 0.15) is 10.4 Å². The Hall–Kier alpha value is -5.32. The van der Waals surface area contributed by atoms with Gasteiger partial charge in [-0.15, -0.1) is 10.2 Å². The SMILES string of the molecule is O=C(O)c1cc(N=Nc2ccc(-c3ccc(N=Nc4ccc(O)c(N=Nc5ccc(S(=O)(=O)O)cc5)c4O)cc3)cc2)ccc1O.[Na+]. The van der Waals surface area contributed by atoms with E-state index in [-0.39, 0.29) is 74.3 Å². The zero-order valence-electron chi connectivity index (χ0n) is 24.4.